The number of likely N-dealkylation sites (N-methyl/N-ethyl adjacent to an activating group) is 1. The monoisotopic (exact) mass is 279 g/mol. The number of hydrogen-bond donors (Lipinski definition) is 2. The summed E-state index contributed by atoms with van der Waals surface area (Å²) in [5.41, 5.74) is 8.90. The second-order valence-electron chi connectivity index (χ2n) is 5.47. The highest BCUT2D eigenvalue weighted by Crippen LogP contribution is 2.28. The van der Waals surface area contributed by atoms with Crippen molar-refractivity contribution in [3.05, 3.63) is 23.8 Å². The number of nitrogens with one attached hydrogen (secondary N) is 1. The van der Waals surface area contributed by atoms with Gasteiger partial charge in [-0.1, -0.05) is 6.07 Å². The van der Waals surface area contributed by atoms with Gasteiger partial charge >= 0.3 is 0 Å². The predicted octanol–water partition coefficient (Wildman–Crippen LogP) is 1.72. The summed E-state index contributed by atoms with van der Waals surface area (Å²) in [5, 5.41) is 3.38. The quantitative estimate of drug-likeness (QED) is 0.804. The Balaban J connectivity index is 2.11. The highest BCUT2D eigenvalue weighted by molar-refractivity contribution is 5.67. The fourth-order valence-electron chi connectivity index (χ4n) is 2.44. The number of nitrogens with two attached hydrogens (primary N) is 1. The van der Waals surface area contributed by atoms with Crippen LogP contribution in [0.5, 0.6) is 0 Å². The zero-order valence-corrected chi connectivity index (χ0v) is 12.6. The lowest BCUT2D eigenvalue weighted by atomic mass is 10.1. The summed E-state index contributed by atoms with van der Waals surface area (Å²) in [5.74, 6) is 0. The molecule has 1 aliphatic rings. The van der Waals surface area contributed by atoms with Crippen LogP contribution in [0.3, 0.4) is 0 Å². The fraction of sp³-hybridized carbons (Fsp3) is 0.600. The van der Waals surface area contributed by atoms with Crippen molar-refractivity contribution in [3.8, 4) is 0 Å². The van der Waals surface area contributed by atoms with Gasteiger partial charge in [0.2, 0.25) is 0 Å². The van der Waals surface area contributed by atoms with Crippen LogP contribution >= 0.6 is 0 Å². The van der Waals surface area contributed by atoms with Gasteiger partial charge in [-0.3, -0.25) is 0 Å². The van der Waals surface area contributed by atoms with Gasteiger partial charge in [0.1, 0.15) is 0 Å². The zero-order valence-electron chi connectivity index (χ0n) is 12.6. The molecule has 20 heavy (non-hydrogen) atoms. The van der Waals surface area contributed by atoms with E-state index in [1.165, 1.54) is 0 Å². The van der Waals surface area contributed by atoms with Gasteiger partial charge < -0.3 is 25.4 Å². The van der Waals surface area contributed by atoms with Crippen molar-refractivity contribution in [2.75, 3.05) is 51.5 Å². The maximum absolute atomic E-state index is 6.04. The van der Waals surface area contributed by atoms with Gasteiger partial charge in [-0.25, -0.2) is 0 Å². The predicted molar refractivity (Wildman–Crippen MR) is 82.0 cm³/mol. The van der Waals surface area contributed by atoms with Gasteiger partial charge in [-0.05, 0) is 31.7 Å². The molecule has 5 heteroatoms. The first-order valence-corrected chi connectivity index (χ1v) is 7.05. The molecule has 112 valence electrons. The lowest BCUT2D eigenvalue weighted by molar-refractivity contribution is -0.0208. The number of methoxy groups -OCH3 is 1. The molecule has 2 rings (SSSR count). The molecule has 3 N–H and O–H groups in total. The first kappa shape index (κ1) is 15.1. The minimum atomic E-state index is 0.118. The van der Waals surface area contributed by atoms with Crippen LogP contribution in [0.1, 0.15) is 18.6 Å². The van der Waals surface area contributed by atoms with Gasteiger partial charge in [0.15, 0.2) is 0 Å². The van der Waals surface area contributed by atoms with Crippen molar-refractivity contribution in [1.82, 2.24) is 4.90 Å². The average Bonchev–Trinajstić information content (AvgIpc) is 2.41. The Morgan fingerprint density at radius 2 is 2.35 bits per heavy atom. The Kier molecular flexibility index (Phi) is 5.23. The third-order valence-electron chi connectivity index (χ3n) is 3.54. The molecular weight excluding hydrogens is 254 g/mol. The average molecular weight is 279 g/mol. The van der Waals surface area contributed by atoms with E-state index in [-0.39, 0.29) is 12.1 Å². The zero-order chi connectivity index (χ0) is 14.5. The minimum absolute atomic E-state index is 0.118. The maximum atomic E-state index is 6.04. The SMILES string of the molecule is COCC(C)Nc1cc(C2CN(C)CCO2)ccc1N. The number of anilines is 2. The Bertz CT molecular complexity index is 439. The van der Waals surface area contributed by atoms with Gasteiger partial charge in [-0.15, -0.1) is 0 Å². The summed E-state index contributed by atoms with van der Waals surface area (Å²) in [4.78, 5) is 2.28. The molecule has 1 aliphatic heterocycles. The van der Waals surface area contributed by atoms with Gasteiger partial charge in [-0.2, -0.15) is 0 Å². The molecule has 1 fully saturated rings. The molecule has 1 saturated heterocycles. The molecule has 5 nitrogen and oxygen atoms in total. The molecule has 1 heterocycles. The molecular formula is C15H25N3O2. The third kappa shape index (κ3) is 3.85. The van der Waals surface area contributed by atoms with Crippen LogP contribution in [0, 0.1) is 0 Å². The van der Waals surface area contributed by atoms with Crippen molar-refractivity contribution in [3.63, 3.8) is 0 Å². The van der Waals surface area contributed by atoms with Gasteiger partial charge in [0.25, 0.3) is 0 Å². The summed E-state index contributed by atoms with van der Waals surface area (Å²) in [6, 6.07) is 6.29. The van der Waals surface area contributed by atoms with Gasteiger partial charge in [0.05, 0.1) is 30.7 Å². The van der Waals surface area contributed by atoms with E-state index in [1.54, 1.807) is 7.11 Å². The molecule has 0 spiro atoms. The van der Waals surface area contributed by atoms with E-state index >= 15 is 0 Å². The lowest BCUT2D eigenvalue weighted by Crippen LogP contribution is -2.35. The largest absolute Gasteiger partial charge is 0.397 e. The van der Waals surface area contributed by atoms with Crippen molar-refractivity contribution < 1.29 is 9.47 Å². The first-order chi connectivity index (χ1) is 9.60. The van der Waals surface area contributed by atoms with E-state index in [9.17, 15) is 0 Å². The number of benzene rings is 1. The summed E-state index contributed by atoms with van der Waals surface area (Å²) in [6.07, 6.45) is 0.118. The lowest BCUT2D eigenvalue weighted by Gasteiger charge is -2.30. The third-order valence-corrected chi connectivity index (χ3v) is 3.54. The molecule has 0 radical (unpaired) electrons. The Hall–Kier alpha value is -1.30. The molecule has 0 aliphatic carbocycles. The minimum Gasteiger partial charge on any atom is -0.397 e. The molecule has 2 unspecified atom stereocenters. The number of nitrogens with zero attached hydrogens (tertiary/aromatic N) is 1. The van der Waals surface area contributed by atoms with E-state index in [0.717, 1.165) is 36.6 Å². The second kappa shape index (κ2) is 6.92. The van der Waals surface area contributed by atoms with Crippen LogP contribution in [0.15, 0.2) is 18.2 Å². The van der Waals surface area contributed by atoms with Crippen LogP contribution in [0.2, 0.25) is 0 Å². The van der Waals surface area contributed by atoms with E-state index in [2.05, 4.69) is 30.3 Å². The highest BCUT2D eigenvalue weighted by Gasteiger charge is 2.20. The first-order valence-electron chi connectivity index (χ1n) is 7.05. The molecule has 1 aromatic rings. The molecule has 0 amide bonds. The van der Waals surface area contributed by atoms with Crippen LogP contribution in [-0.2, 0) is 9.47 Å². The number of ether oxygens (including phenoxy) is 2. The van der Waals surface area contributed by atoms with Crippen LogP contribution in [-0.4, -0.2) is 51.4 Å². The summed E-state index contributed by atoms with van der Waals surface area (Å²) >= 11 is 0. The second-order valence-corrected chi connectivity index (χ2v) is 5.47. The highest BCUT2D eigenvalue weighted by atomic mass is 16.5. The Morgan fingerprint density at radius 1 is 1.55 bits per heavy atom. The number of hydrogen-bond acceptors (Lipinski definition) is 5. The number of rotatable bonds is 5. The smallest absolute Gasteiger partial charge is 0.0953 e. The van der Waals surface area contributed by atoms with Crippen molar-refractivity contribution >= 4 is 11.4 Å². The Labute approximate surface area is 121 Å². The van der Waals surface area contributed by atoms with E-state index < -0.39 is 0 Å². The van der Waals surface area contributed by atoms with Gasteiger partial charge in [0, 0.05) is 26.2 Å². The molecule has 1 aromatic carbocycles. The fourth-order valence-corrected chi connectivity index (χ4v) is 2.44. The molecule has 0 saturated carbocycles. The molecule has 0 bridgehead atoms. The summed E-state index contributed by atoms with van der Waals surface area (Å²) < 4.78 is 11.0. The number of nitrogen functional groups attached to an aromatic ring is 1. The molecule has 0 aromatic heterocycles. The van der Waals surface area contributed by atoms with E-state index in [4.69, 9.17) is 15.2 Å². The topological polar surface area (TPSA) is 59.8 Å². The standard InChI is InChI=1S/C15H25N3O2/c1-11(10-19-3)17-14-8-12(4-5-13(14)16)15-9-18(2)6-7-20-15/h4-5,8,11,15,17H,6-7,9-10,16H2,1-3H3. The van der Waals surface area contributed by atoms with Crippen LogP contribution in [0.25, 0.3) is 0 Å². The van der Waals surface area contributed by atoms with Crippen LogP contribution < -0.4 is 11.1 Å². The van der Waals surface area contributed by atoms with E-state index in [1.807, 2.05) is 12.1 Å². The van der Waals surface area contributed by atoms with Crippen molar-refractivity contribution in [2.24, 2.45) is 0 Å². The van der Waals surface area contributed by atoms with Crippen molar-refractivity contribution in [2.45, 2.75) is 19.1 Å². The normalized spacial score (nSPS) is 21.6. The molecule has 2 atom stereocenters. The van der Waals surface area contributed by atoms with E-state index in [0.29, 0.717) is 6.61 Å². The number of morpholine rings is 1. The summed E-state index contributed by atoms with van der Waals surface area (Å²) in [7, 11) is 3.82. The van der Waals surface area contributed by atoms with Crippen molar-refractivity contribution in [1.29, 1.82) is 0 Å². The summed E-state index contributed by atoms with van der Waals surface area (Å²) in [6.45, 7) is 5.39. The maximum Gasteiger partial charge on any atom is 0.0953 e. The Morgan fingerprint density at radius 3 is 3.05 bits per heavy atom. The van der Waals surface area contributed by atoms with Crippen LogP contribution in [0.4, 0.5) is 11.4 Å².